The van der Waals surface area contributed by atoms with Crippen LogP contribution in [0.3, 0.4) is 0 Å². The maximum Gasteiger partial charge on any atom is 0.419 e. The number of carbonyl (C=O) groups is 1. The minimum Gasteiger partial charge on any atom is -0.408 e. The third kappa shape index (κ3) is 3.03. The number of fused-ring (bicyclic) bond motifs is 1. The Kier molecular flexibility index (Phi) is 4.01. The minimum absolute atomic E-state index is 0.146. The van der Waals surface area contributed by atoms with Gasteiger partial charge in [-0.25, -0.2) is 10.6 Å². The number of aryl methyl sites for hydroxylation is 2. The van der Waals surface area contributed by atoms with Crippen molar-refractivity contribution >= 4 is 17.0 Å². The predicted molar refractivity (Wildman–Crippen MR) is 71.3 cm³/mol. The number of hydrazine groups is 1. The van der Waals surface area contributed by atoms with Crippen molar-refractivity contribution in [1.82, 2.24) is 9.99 Å². The largest absolute Gasteiger partial charge is 0.419 e. The van der Waals surface area contributed by atoms with Crippen molar-refractivity contribution in [3.05, 3.63) is 34.3 Å². The number of benzene rings is 1. The Bertz CT molecular complexity index is 642. The molecule has 19 heavy (non-hydrogen) atoms. The fraction of sp³-hybridized carbons (Fsp3) is 0.385. The van der Waals surface area contributed by atoms with Crippen LogP contribution in [0.5, 0.6) is 0 Å². The first-order chi connectivity index (χ1) is 9.11. The number of nitrogens with two attached hydrogens (primary N) is 1. The van der Waals surface area contributed by atoms with Gasteiger partial charge in [0.2, 0.25) is 5.91 Å². The van der Waals surface area contributed by atoms with Crippen LogP contribution in [0.4, 0.5) is 0 Å². The number of hydrogen-bond acceptors (Lipinski definition) is 4. The molecule has 1 amide bonds. The molecule has 0 saturated carbocycles. The average molecular weight is 263 g/mol. The quantitative estimate of drug-likeness (QED) is 0.362. The van der Waals surface area contributed by atoms with Crippen molar-refractivity contribution in [3.8, 4) is 0 Å². The number of aromatic nitrogens is 1. The zero-order chi connectivity index (χ0) is 13.8. The van der Waals surface area contributed by atoms with Crippen LogP contribution >= 0.6 is 0 Å². The van der Waals surface area contributed by atoms with E-state index in [2.05, 4.69) is 5.43 Å². The molecule has 3 N–H and O–H groups in total. The van der Waals surface area contributed by atoms with Gasteiger partial charge in [-0.2, -0.15) is 0 Å². The molecule has 0 fully saturated rings. The maximum atomic E-state index is 11.4. The van der Waals surface area contributed by atoms with Crippen LogP contribution in [-0.4, -0.2) is 10.5 Å². The van der Waals surface area contributed by atoms with Crippen LogP contribution in [-0.2, 0) is 18.3 Å². The smallest absolute Gasteiger partial charge is 0.408 e. The molecular weight excluding hydrogens is 246 g/mol. The standard InChI is InChI=1S/C13H17N3O3/c1-16-10-8-9(4-2-3-5-12(17)15-14)6-7-11(10)19-13(16)18/h6-8H,2-5,14H2,1H3,(H,15,17). The highest BCUT2D eigenvalue weighted by Gasteiger charge is 2.06. The lowest BCUT2D eigenvalue weighted by molar-refractivity contribution is -0.121. The van der Waals surface area contributed by atoms with Crippen LogP contribution < -0.4 is 17.0 Å². The van der Waals surface area contributed by atoms with Crippen LogP contribution in [0.25, 0.3) is 11.1 Å². The Balaban J connectivity index is 1.99. The number of hydrogen-bond donors (Lipinski definition) is 2. The lowest BCUT2D eigenvalue weighted by atomic mass is 10.1. The van der Waals surface area contributed by atoms with Crippen molar-refractivity contribution in [2.24, 2.45) is 12.9 Å². The number of rotatable bonds is 5. The molecule has 6 heteroatoms. The number of unbranched alkanes of at least 4 members (excludes halogenated alkanes) is 1. The van der Waals surface area contributed by atoms with Gasteiger partial charge in [-0.1, -0.05) is 6.07 Å². The molecule has 2 aromatic rings. The summed E-state index contributed by atoms with van der Waals surface area (Å²) >= 11 is 0. The second kappa shape index (κ2) is 5.71. The van der Waals surface area contributed by atoms with E-state index in [1.165, 1.54) is 4.57 Å². The number of oxazole rings is 1. The van der Waals surface area contributed by atoms with Crippen molar-refractivity contribution < 1.29 is 9.21 Å². The predicted octanol–water partition coefficient (Wildman–Crippen LogP) is 0.834. The van der Waals surface area contributed by atoms with Crippen molar-refractivity contribution in [3.63, 3.8) is 0 Å². The van der Waals surface area contributed by atoms with Gasteiger partial charge in [0, 0.05) is 13.5 Å². The lowest BCUT2D eigenvalue weighted by Gasteiger charge is -2.02. The summed E-state index contributed by atoms with van der Waals surface area (Å²) in [6.07, 6.45) is 2.96. The Morgan fingerprint density at radius 1 is 1.42 bits per heavy atom. The van der Waals surface area contributed by atoms with Gasteiger partial charge in [0.25, 0.3) is 0 Å². The highest BCUT2D eigenvalue weighted by atomic mass is 16.4. The summed E-state index contributed by atoms with van der Waals surface area (Å²) < 4.78 is 6.55. The van der Waals surface area contributed by atoms with Gasteiger partial charge in [-0.15, -0.1) is 0 Å². The van der Waals surface area contributed by atoms with Crippen molar-refractivity contribution in [2.45, 2.75) is 25.7 Å². The fourth-order valence-electron chi connectivity index (χ4n) is 2.01. The first-order valence-corrected chi connectivity index (χ1v) is 6.19. The van der Waals surface area contributed by atoms with Gasteiger partial charge in [0.05, 0.1) is 5.52 Å². The lowest BCUT2D eigenvalue weighted by Crippen LogP contribution is -2.29. The fourth-order valence-corrected chi connectivity index (χ4v) is 2.01. The first-order valence-electron chi connectivity index (χ1n) is 6.19. The van der Waals surface area contributed by atoms with Gasteiger partial charge in [0.15, 0.2) is 5.58 Å². The van der Waals surface area contributed by atoms with E-state index in [9.17, 15) is 9.59 Å². The molecule has 0 aliphatic heterocycles. The van der Waals surface area contributed by atoms with Crippen molar-refractivity contribution in [1.29, 1.82) is 0 Å². The summed E-state index contributed by atoms with van der Waals surface area (Å²) in [5.41, 5.74) is 4.62. The van der Waals surface area contributed by atoms with Crippen LogP contribution in [0, 0.1) is 0 Å². The summed E-state index contributed by atoms with van der Waals surface area (Å²) in [5, 5.41) is 0. The van der Waals surface area contributed by atoms with E-state index in [1.54, 1.807) is 13.1 Å². The maximum absolute atomic E-state index is 11.4. The van der Waals surface area contributed by atoms with Gasteiger partial charge in [0.1, 0.15) is 0 Å². The third-order valence-electron chi connectivity index (χ3n) is 3.14. The Labute approximate surface area is 110 Å². The van der Waals surface area contributed by atoms with Gasteiger partial charge < -0.3 is 4.42 Å². The minimum atomic E-state index is -0.355. The normalized spacial score (nSPS) is 10.8. The third-order valence-corrected chi connectivity index (χ3v) is 3.14. The van der Waals surface area contributed by atoms with E-state index < -0.39 is 0 Å². The van der Waals surface area contributed by atoms with Crippen LogP contribution in [0.1, 0.15) is 24.8 Å². The summed E-state index contributed by atoms with van der Waals surface area (Å²) in [5.74, 6) is 4.50. The topological polar surface area (TPSA) is 90.3 Å². The van der Waals surface area contributed by atoms with E-state index in [4.69, 9.17) is 10.3 Å². The van der Waals surface area contributed by atoms with E-state index in [-0.39, 0.29) is 11.7 Å². The summed E-state index contributed by atoms with van der Waals surface area (Å²) in [4.78, 5) is 22.3. The van der Waals surface area contributed by atoms with E-state index in [0.29, 0.717) is 12.0 Å². The van der Waals surface area contributed by atoms with E-state index >= 15 is 0 Å². The molecule has 0 bridgehead atoms. The van der Waals surface area contributed by atoms with Gasteiger partial charge in [-0.05, 0) is 37.0 Å². The number of carbonyl (C=O) groups excluding carboxylic acids is 1. The average Bonchev–Trinajstić information content (AvgIpc) is 2.70. The molecule has 0 saturated heterocycles. The Morgan fingerprint density at radius 2 is 2.21 bits per heavy atom. The molecule has 1 heterocycles. The first kappa shape index (κ1) is 13.4. The molecular formula is C13H17N3O3. The monoisotopic (exact) mass is 263 g/mol. The molecule has 6 nitrogen and oxygen atoms in total. The molecule has 0 atom stereocenters. The number of nitrogens with one attached hydrogen (secondary N) is 1. The summed E-state index contributed by atoms with van der Waals surface area (Å²) in [6.45, 7) is 0. The molecule has 2 rings (SSSR count). The SMILES string of the molecule is Cn1c(=O)oc2ccc(CCCCC(=O)NN)cc21. The van der Waals surface area contributed by atoms with Gasteiger partial charge >= 0.3 is 5.76 Å². The van der Waals surface area contributed by atoms with Crippen molar-refractivity contribution in [2.75, 3.05) is 0 Å². The van der Waals surface area contributed by atoms with E-state index in [1.807, 2.05) is 12.1 Å². The highest BCUT2D eigenvalue weighted by Crippen LogP contribution is 2.16. The number of amides is 1. The molecule has 0 unspecified atom stereocenters. The van der Waals surface area contributed by atoms with Gasteiger partial charge in [-0.3, -0.25) is 14.8 Å². The highest BCUT2D eigenvalue weighted by molar-refractivity contribution is 5.75. The molecule has 0 radical (unpaired) electrons. The number of nitrogens with zero attached hydrogens (tertiary/aromatic N) is 1. The second-order valence-corrected chi connectivity index (χ2v) is 4.50. The second-order valence-electron chi connectivity index (χ2n) is 4.50. The Hall–Kier alpha value is -2.08. The molecule has 1 aromatic carbocycles. The molecule has 0 spiro atoms. The zero-order valence-electron chi connectivity index (χ0n) is 10.8. The molecule has 1 aromatic heterocycles. The Morgan fingerprint density at radius 3 is 2.95 bits per heavy atom. The molecule has 0 aliphatic rings. The summed E-state index contributed by atoms with van der Waals surface area (Å²) in [7, 11) is 1.68. The molecule has 102 valence electrons. The van der Waals surface area contributed by atoms with E-state index in [0.717, 1.165) is 30.3 Å². The summed E-state index contributed by atoms with van der Waals surface area (Å²) in [6, 6.07) is 5.69. The zero-order valence-corrected chi connectivity index (χ0v) is 10.8. The molecule has 0 aliphatic carbocycles. The van der Waals surface area contributed by atoms with Crippen LogP contribution in [0.2, 0.25) is 0 Å². The van der Waals surface area contributed by atoms with Crippen LogP contribution in [0.15, 0.2) is 27.4 Å².